The number of fused-ring (bicyclic) bond motifs is 2. The van der Waals surface area contributed by atoms with Gasteiger partial charge in [-0.2, -0.15) is 9.97 Å². The van der Waals surface area contributed by atoms with Crippen LogP contribution in [0.2, 0.25) is 0 Å². The lowest BCUT2D eigenvalue weighted by molar-refractivity contribution is -0.116. The summed E-state index contributed by atoms with van der Waals surface area (Å²) in [5, 5.41) is 7.42. The summed E-state index contributed by atoms with van der Waals surface area (Å²) in [6.07, 6.45) is 3.22. The van der Waals surface area contributed by atoms with Gasteiger partial charge < -0.3 is 24.8 Å². The first-order chi connectivity index (χ1) is 18.2. The molecule has 4 heterocycles. The highest BCUT2D eigenvalue weighted by atomic mass is 16.5. The first kappa shape index (κ1) is 24.1. The van der Waals surface area contributed by atoms with E-state index in [1.807, 2.05) is 18.2 Å². The lowest BCUT2D eigenvalue weighted by Crippen LogP contribution is -2.37. The third kappa shape index (κ3) is 4.99. The molecule has 2 aromatic carbocycles. The molecule has 0 spiro atoms. The summed E-state index contributed by atoms with van der Waals surface area (Å²) in [7, 11) is 1.54. The van der Waals surface area contributed by atoms with E-state index in [4.69, 9.17) is 14.2 Å². The summed E-state index contributed by atoms with van der Waals surface area (Å²) in [6.45, 7) is 6.21. The van der Waals surface area contributed by atoms with E-state index in [9.17, 15) is 4.79 Å². The predicted molar refractivity (Wildman–Crippen MR) is 140 cm³/mol. The van der Waals surface area contributed by atoms with Crippen molar-refractivity contribution in [2.24, 2.45) is 0 Å². The van der Waals surface area contributed by atoms with Crippen LogP contribution in [0.4, 0.5) is 5.69 Å². The van der Waals surface area contributed by atoms with Gasteiger partial charge in [0.05, 0.1) is 38.1 Å². The number of anilines is 1. The van der Waals surface area contributed by atoms with Gasteiger partial charge in [0, 0.05) is 42.8 Å². The Morgan fingerprint density at radius 1 is 1.14 bits per heavy atom. The molecular weight excluding hydrogens is 470 g/mol. The molecule has 2 saturated heterocycles. The van der Waals surface area contributed by atoms with Crippen molar-refractivity contribution in [3.05, 3.63) is 53.2 Å². The maximum Gasteiger partial charge on any atom is 0.316 e. The molecular formula is C28H33N5O4. The minimum Gasteiger partial charge on any atom is -0.493 e. The van der Waals surface area contributed by atoms with Gasteiger partial charge in [-0.05, 0) is 55.1 Å². The average molecular weight is 504 g/mol. The molecule has 2 atom stereocenters. The number of hydrogen-bond acceptors (Lipinski definition) is 8. The zero-order valence-electron chi connectivity index (χ0n) is 21.2. The summed E-state index contributed by atoms with van der Waals surface area (Å²) in [5.41, 5.74) is 4.33. The molecule has 2 fully saturated rings. The van der Waals surface area contributed by atoms with Crippen molar-refractivity contribution in [1.82, 2.24) is 20.2 Å². The molecule has 2 N–H and O–H groups in total. The van der Waals surface area contributed by atoms with Gasteiger partial charge in [-0.3, -0.25) is 9.69 Å². The Balaban J connectivity index is 1.24. The molecule has 37 heavy (non-hydrogen) atoms. The van der Waals surface area contributed by atoms with Crippen LogP contribution in [0.25, 0.3) is 10.9 Å². The van der Waals surface area contributed by atoms with Gasteiger partial charge in [0.1, 0.15) is 11.7 Å². The molecule has 3 aliphatic heterocycles. The maximum absolute atomic E-state index is 13.2. The molecule has 1 amide bonds. The summed E-state index contributed by atoms with van der Waals surface area (Å²) < 4.78 is 16.9. The van der Waals surface area contributed by atoms with Crippen molar-refractivity contribution in [1.29, 1.82) is 0 Å². The first-order valence-corrected chi connectivity index (χ1v) is 13.2. The largest absolute Gasteiger partial charge is 0.493 e. The van der Waals surface area contributed by atoms with Gasteiger partial charge in [-0.25, -0.2) is 0 Å². The molecule has 9 nitrogen and oxygen atoms in total. The third-order valence-corrected chi connectivity index (χ3v) is 7.50. The summed E-state index contributed by atoms with van der Waals surface area (Å²) in [4.78, 5) is 24.8. The number of rotatable bonds is 8. The standard InChI is InChI=1S/C28H33N5O4/c1-35-28-31-24-17-19(37-13-3-10-33-11-14-36-15-12-33)6-8-21(24)26(32-28)25-20-7-5-18(22-4-2-9-29-22)16-23(20)30-27(25)34/h5-8,16-17,22,25,29H,2-4,9-15H2,1H3,(H,30,34). The van der Waals surface area contributed by atoms with Gasteiger partial charge in [0.2, 0.25) is 5.91 Å². The highest BCUT2D eigenvalue weighted by Crippen LogP contribution is 2.41. The highest BCUT2D eigenvalue weighted by molar-refractivity contribution is 6.06. The lowest BCUT2D eigenvalue weighted by Gasteiger charge is -2.26. The number of aromatic nitrogens is 2. The topological polar surface area (TPSA) is 97.8 Å². The molecule has 194 valence electrons. The number of carbonyl (C=O) groups is 1. The van der Waals surface area contributed by atoms with Crippen LogP contribution in [-0.2, 0) is 9.53 Å². The van der Waals surface area contributed by atoms with Crippen molar-refractivity contribution in [2.45, 2.75) is 31.2 Å². The molecule has 0 saturated carbocycles. The fraction of sp³-hybridized carbons (Fsp3) is 0.464. The second kappa shape index (κ2) is 10.6. The van der Waals surface area contributed by atoms with Crippen LogP contribution >= 0.6 is 0 Å². The van der Waals surface area contributed by atoms with Gasteiger partial charge in [0.15, 0.2) is 0 Å². The Kier molecular flexibility index (Phi) is 6.91. The second-order valence-electron chi connectivity index (χ2n) is 9.85. The van der Waals surface area contributed by atoms with Gasteiger partial charge >= 0.3 is 6.01 Å². The van der Waals surface area contributed by atoms with E-state index in [1.54, 1.807) is 7.11 Å². The molecule has 3 aliphatic rings. The van der Waals surface area contributed by atoms with Crippen LogP contribution in [0.1, 0.15) is 48.0 Å². The van der Waals surface area contributed by atoms with Crippen LogP contribution < -0.4 is 20.1 Å². The molecule has 0 aliphatic carbocycles. The quantitative estimate of drug-likeness (QED) is 0.452. The van der Waals surface area contributed by atoms with E-state index in [2.05, 4.69) is 43.7 Å². The molecule has 6 rings (SSSR count). The van der Waals surface area contributed by atoms with Crippen molar-refractivity contribution >= 4 is 22.5 Å². The van der Waals surface area contributed by atoms with E-state index < -0.39 is 5.92 Å². The van der Waals surface area contributed by atoms with Gasteiger partial charge in [-0.1, -0.05) is 12.1 Å². The number of morpholine rings is 1. The zero-order chi connectivity index (χ0) is 25.2. The van der Waals surface area contributed by atoms with Crippen LogP contribution in [0.15, 0.2) is 36.4 Å². The fourth-order valence-corrected chi connectivity index (χ4v) is 5.55. The number of carbonyl (C=O) groups excluding carboxylic acids is 1. The SMILES string of the molecule is COc1nc(C2C(=O)Nc3cc(C4CCCN4)ccc32)c2ccc(OCCCN3CCOCC3)cc2n1. The Bertz CT molecular complexity index is 1290. The Labute approximate surface area is 216 Å². The average Bonchev–Trinajstić information content (AvgIpc) is 3.58. The molecule has 9 heteroatoms. The molecule has 1 aromatic heterocycles. The normalized spacial score (nSPS) is 21.7. The Morgan fingerprint density at radius 2 is 2.03 bits per heavy atom. The van der Waals surface area contributed by atoms with Crippen LogP contribution in [0, 0.1) is 0 Å². The monoisotopic (exact) mass is 503 g/mol. The maximum atomic E-state index is 13.2. The molecule has 0 bridgehead atoms. The van der Waals surface area contributed by atoms with Crippen molar-refractivity contribution in [3.8, 4) is 11.8 Å². The van der Waals surface area contributed by atoms with Crippen LogP contribution in [0.3, 0.4) is 0 Å². The zero-order valence-corrected chi connectivity index (χ0v) is 21.2. The van der Waals surface area contributed by atoms with E-state index in [0.717, 1.165) is 74.6 Å². The highest BCUT2D eigenvalue weighted by Gasteiger charge is 2.35. The number of nitrogens with one attached hydrogen (secondary N) is 2. The second-order valence-corrected chi connectivity index (χ2v) is 9.85. The van der Waals surface area contributed by atoms with Gasteiger partial charge in [0.25, 0.3) is 0 Å². The van der Waals surface area contributed by atoms with Crippen molar-refractivity contribution < 1.29 is 19.0 Å². The predicted octanol–water partition coefficient (Wildman–Crippen LogP) is 3.25. The number of benzene rings is 2. The minimum absolute atomic E-state index is 0.0861. The Hall–Kier alpha value is -3.27. The van der Waals surface area contributed by atoms with E-state index in [0.29, 0.717) is 23.9 Å². The van der Waals surface area contributed by atoms with Crippen LogP contribution in [0.5, 0.6) is 11.8 Å². The Morgan fingerprint density at radius 3 is 2.84 bits per heavy atom. The lowest BCUT2D eigenvalue weighted by atomic mass is 9.92. The van der Waals surface area contributed by atoms with Gasteiger partial charge in [-0.15, -0.1) is 0 Å². The molecule has 2 unspecified atom stereocenters. The molecule has 3 aromatic rings. The smallest absolute Gasteiger partial charge is 0.316 e. The van der Waals surface area contributed by atoms with Crippen LogP contribution in [-0.4, -0.2) is 73.9 Å². The van der Waals surface area contributed by atoms with E-state index >= 15 is 0 Å². The summed E-state index contributed by atoms with van der Waals surface area (Å²) in [6, 6.07) is 12.6. The summed E-state index contributed by atoms with van der Waals surface area (Å²) in [5.74, 6) is 0.128. The summed E-state index contributed by atoms with van der Waals surface area (Å²) >= 11 is 0. The van der Waals surface area contributed by atoms with Crippen molar-refractivity contribution in [3.63, 3.8) is 0 Å². The number of methoxy groups -OCH3 is 1. The van der Waals surface area contributed by atoms with E-state index in [-0.39, 0.29) is 11.9 Å². The molecule has 0 radical (unpaired) electrons. The number of amides is 1. The fourth-order valence-electron chi connectivity index (χ4n) is 5.55. The van der Waals surface area contributed by atoms with Crippen molar-refractivity contribution in [2.75, 3.05) is 58.4 Å². The number of ether oxygens (including phenoxy) is 3. The minimum atomic E-state index is -0.528. The first-order valence-electron chi connectivity index (χ1n) is 13.2. The number of nitrogens with zero attached hydrogens (tertiary/aromatic N) is 3. The number of hydrogen-bond donors (Lipinski definition) is 2. The van der Waals surface area contributed by atoms with E-state index in [1.165, 1.54) is 12.0 Å². The third-order valence-electron chi connectivity index (χ3n) is 7.50.